The van der Waals surface area contributed by atoms with Crippen molar-refractivity contribution in [2.45, 2.75) is 32.6 Å². The molecule has 1 heterocycles. The number of nitrogens with one attached hydrogen (secondary N) is 1. The van der Waals surface area contributed by atoms with Crippen LogP contribution in [0.1, 0.15) is 19.4 Å². The van der Waals surface area contributed by atoms with Gasteiger partial charge in [0.05, 0.1) is 6.54 Å². The average Bonchev–Trinajstić information content (AvgIpc) is 2.27. The molecule has 0 radical (unpaired) electrons. The summed E-state index contributed by atoms with van der Waals surface area (Å²) in [7, 11) is 0. The number of alkyl halides is 3. The second-order valence-corrected chi connectivity index (χ2v) is 4.27. The quantitative estimate of drug-likeness (QED) is 0.630. The van der Waals surface area contributed by atoms with Crippen LogP contribution in [-0.4, -0.2) is 28.6 Å². The second kappa shape index (κ2) is 6.01. The van der Waals surface area contributed by atoms with E-state index in [0.717, 1.165) is 0 Å². The first-order valence-corrected chi connectivity index (χ1v) is 5.55. The predicted molar refractivity (Wildman–Crippen MR) is 63.6 cm³/mol. The van der Waals surface area contributed by atoms with E-state index in [9.17, 15) is 13.2 Å². The highest BCUT2D eigenvalue weighted by atomic mass is 19.4. The fourth-order valence-electron chi connectivity index (χ4n) is 1.57. The highest BCUT2D eigenvalue weighted by Crippen LogP contribution is 2.21. The summed E-state index contributed by atoms with van der Waals surface area (Å²) in [6.45, 7) is 2.63. The normalized spacial score (nSPS) is 12.2. The highest BCUT2D eigenvalue weighted by molar-refractivity contribution is 5.42. The molecule has 4 nitrogen and oxygen atoms in total. The number of pyridine rings is 1. The Hall–Kier alpha value is -1.34. The fourth-order valence-corrected chi connectivity index (χ4v) is 1.57. The van der Waals surface area contributed by atoms with Gasteiger partial charge in [0.2, 0.25) is 0 Å². The van der Waals surface area contributed by atoms with Gasteiger partial charge in [-0.3, -0.25) is 4.90 Å². The van der Waals surface area contributed by atoms with Gasteiger partial charge in [0, 0.05) is 24.3 Å². The molecular weight excluding hydrogens is 245 g/mol. The zero-order valence-electron chi connectivity index (χ0n) is 10.3. The number of nitrogens with zero attached hydrogens (tertiary/aromatic N) is 2. The van der Waals surface area contributed by atoms with E-state index in [2.05, 4.69) is 10.4 Å². The van der Waals surface area contributed by atoms with Crippen LogP contribution in [0.4, 0.5) is 19.0 Å². The Kier molecular flexibility index (Phi) is 4.92. The molecule has 0 atom stereocenters. The third-order valence-electron chi connectivity index (χ3n) is 2.51. The summed E-state index contributed by atoms with van der Waals surface area (Å²) in [4.78, 5) is 5.28. The first-order chi connectivity index (χ1) is 8.33. The van der Waals surface area contributed by atoms with Crippen molar-refractivity contribution in [2.75, 3.05) is 12.0 Å². The standard InChI is InChI=1S/C11H17F3N4/c1-8(2)18(7-11(12,13)14)6-9-4-3-5-16-10(9)17-15/h3-5,8H,6-7,15H2,1-2H3,(H,16,17). The minimum Gasteiger partial charge on any atom is -0.308 e. The minimum atomic E-state index is -4.22. The maximum absolute atomic E-state index is 12.5. The van der Waals surface area contributed by atoms with Crippen LogP contribution in [-0.2, 0) is 6.54 Å². The Balaban J connectivity index is 2.83. The van der Waals surface area contributed by atoms with E-state index in [4.69, 9.17) is 5.84 Å². The first-order valence-electron chi connectivity index (χ1n) is 5.55. The molecule has 0 spiro atoms. The van der Waals surface area contributed by atoms with Crippen LogP contribution in [0.15, 0.2) is 18.3 Å². The Labute approximate surface area is 104 Å². The van der Waals surface area contributed by atoms with Crippen molar-refractivity contribution < 1.29 is 13.2 Å². The van der Waals surface area contributed by atoms with E-state index in [-0.39, 0.29) is 12.6 Å². The lowest BCUT2D eigenvalue weighted by Gasteiger charge is -2.27. The molecule has 0 unspecified atom stereocenters. The monoisotopic (exact) mass is 262 g/mol. The molecule has 7 heteroatoms. The van der Waals surface area contributed by atoms with Crippen molar-refractivity contribution in [3.63, 3.8) is 0 Å². The van der Waals surface area contributed by atoms with Gasteiger partial charge in [-0.25, -0.2) is 10.8 Å². The van der Waals surface area contributed by atoms with Crippen molar-refractivity contribution in [1.82, 2.24) is 9.88 Å². The summed E-state index contributed by atoms with van der Waals surface area (Å²) in [6.07, 6.45) is -2.69. The maximum Gasteiger partial charge on any atom is 0.401 e. The molecule has 0 aliphatic carbocycles. The third kappa shape index (κ3) is 4.50. The van der Waals surface area contributed by atoms with Crippen LogP contribution < -0.4 is 11.3 Å². The molecule has 3 N–H and O–H groups in total. The number of hydrogen-bond acceptors (Lipinski definition) is 4. The molecule has 0 bridgehead atoms. The smallest absolute Gasteiger partial charge is 0.308 e. The van der Waals surface area contributed by atoms with Gasteiger partial charge >= 0.3 is 6.18 Å². The van der Waals surface area contributed by atoms with Crippen LogP contribution in [0.2, 0.25) is 0 Å². The molecule has 102 valence electrons. The topological polar surface area (TPSA) is 54.2 Å². The van der Waals surface area contributed by atoms with E-state index in [0.29, 0.717) is 11.4 Å². The lowest BCUT2D eigenvalue weighted by molar-refractivity contribution is -0.150. The van der Waals surface area contributed by atoms with Crippen LogP contribution in [0.5, 0.6) is 0 Å². The summed E-state index contributed by atoms with van der Waals surface area (Å²) >= 11 is 0. The van der Waals surface area contributed by atoms with E-state index in [1.807, 2.05) is 0 Å². The molecule has 0 saturated carbocycles. The van der Waals surface area contributed by atoms with E-state index in [1.165, 1.54) is 11.1 Å². The summed E-state index contributed by atoms with van der Waals surface area (Å²) in [6, 6.07) is 3.15. The molecule has 0 amide bonds. The fraction of sp³-hybridized carbons (Fsp3) is 0.545. The largest absolute Gasteiger partial charge is 0.401 e. The summed E-state index contributed by atoms with van der Waals surface area (Å²) < 4.78 is 37.4. The first kappa shape index (κ1) is 14.7. The average molecular weight is 262 g/mol. The number of nitrogens with two attached hydrogens (primary N) is 1. The molecule has 1 aromatic heterocycles. The summed E-state index contributed by atoms with van der Waals surface area (Å²) in [5.41, 5.74) is 3.02. The van der Waals surface area contributed by atoms with Gasteiger partial charge in [0.15, 0.2) is 0 Å². The molecular formula is C11H17F3N4. The Morgan fingerprint density at radius 2 is 2.11 bits per heavy atom. The Morgan fingerprint density at radius 3 is 2.61 bits per heavy atom. The molecule has 0 fully saturated rings. The van der Waals surface area contributed by atoms with Gasteiger partial charge in [-0.15, -0.1) is 0 Å². The van der Waals surface area contributed by atoms with Gasteiger partial charge in [-0.2, -0.15) is 13.2 Å². The van der Waals surface area contributed by atoms with Crippen molar-refractivity contribution >= 4 is 5.82 Å². The van der Waals surface area contributed by atoms with Crippen LogP contribution in [0, 0.1) is 0 Å². The molecule has 1 aromatic rings. The number of rotatable bonds is 5. The summed E-state index contributed by atoms with van der Waals surface area (Å²) in [5.74, 6) is 5.67. The van der Waals surface area contributed by atoms with Crippen molar-refractivity contribution in [3.05, 3.63) is 23.9 Å². The van der Waals surface area contributed by atoms with Crippen LogP contribution in [0.25, 0.3) is 0 Å². The zero-order chi connectivity index (χ0) is 13.8. The van der Waals surface area contributed by atoms with Gasteiger partial charge in [-0.05, 0) is 19.9 Å². The lowest BCUT2D eigenvalue weighted by atomic mass is 10.2. The number of halogens is 3. The van der Waals surface area contributed by atoms with Crippen molar-refractivity contribution in [2.24, 2.45) is 5.84 Å². The molecule has 0 saturated heterocycles. The molecule has 18 heavy (non-hydrogen) atoms. The predicted octanol–water partition coefficient (Wildman–Crippen LogP) is 2.14. The Bertz CT molecular complexity index is 379. The third-order valence-corrected chi connectivity index (χ3v) is 2.51. The number of hydrazine groups is 1. The summed E-state index contributed by atoms with van der Waals surface area (Å²) in [5, 5.41) is 0. The number of nitrogen functional groups attached to an aromatic ring is 1. The van der Waals surface area contributed by atoms with E-state index in [1.54, 1.807) is 26.0 Å². The minimum absolute atomic E-state index is 0.143. The number of hydrogen-bond donors (Lipinski definition) is 2. The molecule has 0 aliphatic heterocycles. The molecule has 0 aliphatic rings. The van der Waals surface area contributed by atoms with Crippen LogP contribution >= 0.6 is 0 Å². The lowest BCUT2D eigenvalue weighted by Crippen LogP contribution is -2.38. The second-order valence-electron chi connectivity index (χ2n) is 4.27. The number of aromatic nitrogens is 1. The molecule has 0 aromatic carbocycles. The van der Waals surface area contributed by atoms with Crippen LogP contribution in [0.3, 0.4) is 0 Å². The zero-order valence-corrected chi connectivity index (χ0v) is 10.3. The van der Waals surface area contributed by atoms with Gasteiger partial charge in [-0.1, -0.05) is 6.07 Å². The van der Waals surface area contributed by atoms with Gasteiger partial charge in [0.25, 0.3) is 0 Å². The van der Waals surface area contributed by atoms with Crippen molar-refractivity contribution in [3.8, 4) is 0 Å². The van der Waals surface area contributed by atoms with Gasteiger partial charge in [0.1, 0.15) is 5.82 Å². The number of anilines is 1. The SMILES string of the molecule is CC(C)N(Cc1cccnc1NN)CC(F)(F)F. The van der Waals surface area contributed by atoms with Crippen molar-refractivity contribution in [1.29, 1.82) is 0 Å². The highest BCUT2D eigenvalue weighted by Gasteiger charge is 2.32. The molecule has 1 rings (SSSR count). The van der Waals surface area contributed by atoms with E-state index >= 15 is 0 Å². The van der Waals surface area contributed by atoms with E-state index < -0.39 is 12.7 Å². The maximum atomic E-state index is 12.5. The van der Waals surface area contributed by atoms with Gasteiger partial charge < -0.3 is 5.43 Å². The Morgan fingerprint density at radius 1 is 1.44 bits per heavy atom.